The lowest BCUT2D eigenvalue weighted by Gasteiger charge is -2.36. The Kier molecular flexibility index (Phi) is 6.55. The zero-order chi connectivity index (χ0) is 23.5. The third-order valence-corrected chi connectivity index (χ3v) is 6.09. The van der Waals surface area contributed by atoms with Crippen molar-refractivity contribution in [3.05, 3.63) is 60.3 Å². The maximum absolute atomic E-state index is 13.8. The number of amides is 1. The molecule has 7 nitrogen and oxygen atoms in total. The number of nitrogens with zero attached hydrogens (tertiary/aromatic N) is 4. The molecule has 0 atom stereocenters. The maximum atomic E-state index is 13.8. The summed E-state index contributed by atoms with van der Waals surface area (Å²) in [6.07, 6.45) is 3.45. The van der Waals surface area contributed by atoms with Crippen LogP contribution in [0, 0.1) is 5.82 Å². The Labute approximate surface area is 192 Å². The smallest absolute Gasteiger partial charge is 0.219 e. The van der Waals surface area contributed by atoms with Crippen LogP contribution in [0.3, 0.4) is 0 Å². The highest BCUT2D eigenvalue weighted by Crippen LogP contribution is 2.44. The molecule has 33 heavy (non-hydrogen) atoms. The van der Waals surface area contributed by atoms with Gasteiger partial charge >= 0.3 is 0 Å². The lowest BCUT2D eigenvalue weighted by Crippen LogP contribution is -2.48. The van der Waals surface area contributed by atoms with E-state index in [9.17, 15) is 14.0 Å². The first kappa shape index (κ1) is 22.7. The van der Waals surface area contributed by atoms with Crippen LogP contribution in [0.5, 0.6) is 0 Å². The molecule has 0 radical (unpaired) electrons. The number of likely N-dealkylation sites (N-methyl/N-ethyl adjacent to an activating group) is 1. The molecule has 1 N–H and O–H groups in total. The number of anilines is 1. The monoisotopic (exact) mass is 449 g/mol. The van der Waals surface area contributed by atoms with E-state index < -0.39 is 0 Å². The first-order valence-corrected chi connectivity index (χ1v) is 11.0. The van der Waals surface area contributed by atoms with Gasteiger partial charge in [-0.1, -0.05) is 12.1 Å². The van der Waals surface area contributed by atoms with Gasteiger partial charge in [0, 0.05) is 63.7 Å². The van der Waals surface area contributed by atoms with Crippen LogP contribution in [-0.4, -0.2) is 65.9 Å². The lowest BCUT2D eigenvalue weighted by molar-refractivity contribution is -0.129. The number of ketones is 1. The second-order valence-electron chi connectivity index (χ2n) is 8.17. The molecule has 1 aliphatic heterocycles. The number of hydrogen-bond donors (Lipinski definition) is 1. The number of Topliss-reactive ketones (excluding diaryl/α,β-unsaturated/α-hetero) is 1. The van der Waals surface area contributed by atoms with Crippen LogP contribution in [0.1, 0.15) is 17.4 Å². The lowest BCUT2D eigenvalue weighted by atomic mass is 9.95. The summed E-state index contributed by atoms with van der Waals surface area (Å²) in [7, 11) is 3.64. The normalized spacial score (nSPS) is 13.9. The quantitative estimate of drug-likeness (QED) is 0.586. The van der Waals surface area contributed by atoms with E-state index in [4.69, 9.17) is 0 Å². The molecule has 0 unspecified atom stereocenters. The largest absolute Gasteiger partial charge is 0.354 e. The number of benzene rings is 1. The van der Waals surface area contributed by atoms with E-state index in [0.717, 1.165) is 28.1 Å². The summed E-state index contributed by atoms with van der Waals surface area (Å²) < 4.78 is 15.7. The summed E-state index contributed by atoms with van der Waals surface area (Å²) >= 11 is 0. The van der Waals surface area contributed by atoms with E-state index in [2.05, 4.69) is 15.2 Å². The van der Waals surface area contributed by atoms with Gasteiger partial charge in [0.2, 0.25) is 5.91 Å². The Bertz CT molecular complexity index is 1150. The van der Waals surface area contributed by atoms with Gasteiger partial charge in [0.15, 0.2) is 5.78 Å². The molecule has 1 saturated heterocycles. The highest BCUT2D eigenvalue weighted by atomic mass is 19.1. The molecule has 0 bridgehead atoms. The first-order valence-electron chi connectivity index (χ1n) is 11.0. The van der Waals surface area contributed by atoms with E-state index in [0.29, 0.717) is 31.9 Å². The molecule has 1 amide bonds. The summed E-state index contributed by atoms with van der Waals surface area (Å²) in [5, 5.41) is 2.96. The number of carbonyl (C=O) groups excluding carboxylic acids is 2. The average molecular weight is 450 g/mol. The summed E-state index contributed by atoms with van der Waals surface area (Å²) in [6, 6.07) is 10.1. The summed E-state index contributed by atoms with van der Waals surface area (Å²) in [5.74, 6) is 0.586. The fraction of sp³-hybridized carbons (Fsp3) is 0.320. The second kappa shape index (κ2) is 9.54. The molecule has 0 spiro atoms. The molecule has 1 aliphatic rings. The summed E-state index contributed by atoms with van der Waals surface area (Å²) in [6.45, 7) is 4.29. The van der Waals surface area contributed by atoms with E-state index in [1.165, 1.54) is 12.1 Å². The minimum absolute atomic E-state index is 0.0525. The van der Waals surface area contributed by atoms with E-state index in [1.807, 2.05) is 28.6 Å². The van der Waals surface area contributed by atoms with Gasteiger partial charge in [-0.05, 0) is 42.4 Å². The molecule has 3 heterocycles. The van der Waals surface area contributed by atoms with Gasteiger partial charge < -0.3 is 19.7 Å². The van der Waals surface area contributed by atoms with E-state index in [1.54, 1.807) is 38.5 Å². The van der Waals surface area contributed by atoms with Crippen molar-refractivity contribution in [1.29, 1.82) is 0 Å². The fourth-order valence-corrected chi connectivity index (χ4v) is 4.54. The third-order valence-electron chi connectivity index (χ3n) is 6.09. The highest BCUT2D eigenvalue weighted by molar-refractivity contribution is 6.09. The van der Waals surface area contributed by atoms with Crippen molar-refractivity contribution in [3.63, 3.8) is 0 Å². The summed E-state index contributed by atoms with van der Waals surface area (Å²) in [5.41, 5.74) is 3.93. The molecule has 8 heteroatoms. The van der Waals surface area contributed by atoms with Gasteiger partial charge in [0.25, 0.3) is 0 Å². The fourth-order valence-electron chi connectivity index (χ4n) is 4.54. The van der Waals surface area contributed by atoms with Gasteiger partial charge in [-0.15, -0.1) is 0 Å². The third kappa shape index (κ3) is 4.39. The SMILES string of the molecule is CNCC(=O)c1c(-c2ccc(F)cc2)c(-c2ccncc2)c(N2CCN(C(C)=O)CC2)n1C. The topological polar surface area (TPSA) is 70.5 Å². The number of aromatic nitrogens is 2. The maximum Gasteiger partial charge on any atom is 0.219 e. The number of rotatable bonds is 6. The number of piperazine rings is 1. The van der Waals surface area contributed by atoms with Gasteiger partial charge in [0.1, 0.15) is 11.6 Å². The van der Waals surface area contributed by atoms with Crippen molar-refractivity contribution in [3.8, 4) is 22.3 Å². The van der Waals surface area contributed by atoms with Crippen LogP contribution >= 0.6 is 0 Å². The van der Waals surface area contributed by atoms with E-state index >= 15 is 0 Å². The Hall–Kier alpha value is -3.52. The van der Waals surface area contributed by atoms with Crippen molar-refractivity contribution in [2.75, 3.05) is 44.7 Å². The molecule has 172 valence electrons. The van der Waals surface area contributed by atoms with E-state index in [-0.39, 0.29) is 24.1 Å². The van der Waals surface area contributed by atoms with Gasteiger partial charge in [-0.3, -0.25) is 14.6 Å². The van der Waals surface area contributed by atoms with Crippen molar-refractivity contribution in [1.82, 2.24) is 19.8 Å². The molecule has 1 aromatic carbocycles. The molecule has 0 saturated carbocycles. The minimum atomic E-state index is -0.330. The molecule has 4 rings (SSSR count). The molecule has 3 aromatic rings. The number of nitrogens with one attached hydrogen (secondary N) is 1. The standard InChI is InChI=1S/C25H28FN5O2/c1-17(32)30-12-14-31(15-13-30)25-23(19-8-10-28-11-9-19)22(18-4-6-20(26)7-5-18)24(29(25)3)21(33)16-27-2/h4-11,27H,12-16H2,1-3H3. The Morgan fingerprint density at radius 2 is 1.58 bits per heavy atom. The van der Waals surface area contributed by atoms with Crippen LogP contribution in [0.15, 0.2) is 48.8 Å². The predicted molar refractivity (Wildman–Crippen MR) is 127 cm³/mol. The molecule has 2 aromatic heterocycles. The highest BCUT2D eigenvalue weighted by Gasteiger charge is 2.31. The van der Waals surface area contributed by atoms with Gasteiger partial charge in [-0.2, -0.15) is 0 Å². The molecule has 1 fully saturated rings. The molecular weight excluding hydrogens is 421 g/mol. The zero-order valence-corrected chi connectivity index (χ0v) is 19.1. The van der Waals surface area contributed by atoms with Gasteiger partial charge in [-0.25, -0.2) is 4.39 Å². The van der Waals surface area contributed by atoms with Crippen LogP contribution in [0.4, 0.5) is 10.2 Å². The van der Waals surface area contributed by atoms with Crippen molar-refractivity contribution in [2.24, 2.45) is 7.05 Å². The zero-order valence-electron chi connectivity index (χ0n) is 19.1. The second-order valence-corrected chi connectivity index (χ2v) is 8.17. The van der Waals surface area contributed by atoms with Crippen LogP contribution < -0.4 is 10.2 Å². The van der Waals surface area contributed by atoms with Gasteiger partial charge in [0.05, 0.1) is 12.2 Å². The minimum Gasteiger partial charge on any atom is -0.354 e. The number of halogens is 1. The number of hydrogen-bond acceptors (Lipinski definition) is 5. The van der Waals surface area contributed by atoms with Crippen LogP contribution in [0.25, 0.3) is 22.3 Å². The van der Waals surface area contributed by atoms with Crippen LogP contribution in [0.2, 0.25) is 0 Å². The first-order chi connectivity index (χ1) is 15.9. The Balaban J connectivity index is 1.96. The number of pyridine rings is 1. The summed E-state index contributed by atoms with van der Waals surface area (Å²) in [4.78, 5) is 33.4. The van der Waals surface area contributed by atoms with Crippen molar-refractivity contribution in [2.45, 2.75) is 6.92 Å². The van der Waals surface area contributed by atoms with Crippen LogP contribution in [-0.2, 0) is 11.8 Å². The predicted octanol–water partition coefficient (Wildman–Crippen LogP) is 2.96. The Morgan fingerprint density at radius 1 is 0.970 bits per heavy atom. The molecule has 0 aliphatic carbocycles. The number of carbonyl (C=O) groups is 2. The molecular formula is C25H28FN5O2. The van der Waals surface area contributed by atoms with Crippen molar-refractivity contribution < 1.29 is 14.0 Å². The van der Waals surface area contributed by atoms with Crippen molar-refractivity contribution >= 4 is 17.5 Å². The Morgan fingerprint density at radius 3 is 2.15 bits per heavy atom. The average Bonchev–Trinajstić information content (AvgIpc) is 3.13.